The van der Waals surface area contributed by atoms with E-state index in [9.17, 15) is 4.79 Å². The summed E-state index contributed by atoms with van der Waals surface area (Å²) >= 11 is 0. The maximum absolute atomic E-state index is 14.0. The highest BCUT2D eigenvalue weighted by atomic mass is 16.2. The van der Waals surface area contributed by atoms with Crippen LogP contribution >= 0.6 is 0 Å². The van der Waals surface area contributed by atoms with Crippen molar-refractivity contribution in [1.29, 1.82) is 0 Å². The summed E-state index contributed by atoms with van der Waals surface area (Å²) < 4.78 is 0. The van der Waals surface area contributed by atoms with Crippen LogP contribution in [-0.2, 0) is 0 Å². The highest BCUT2D eigenvalue weighted by molar-refractivity contribution is 6.07. The Labute approximate surface area is 193 Å². The quantitative estimate of drug-likeness (QED) is 0.336. The third-order valence-electron chi connectivity index (χ3n) is 5.85. The lowest BCUT2D eigenvalue weighted by Crippen LogP contribution is -2.32. The zero-order chi connectivity index (χ0) is 22.6. The summed E-state index contributed by atoms with van der Waals surface area (Å²) in [5.41, 5.74) is 5.18. The van der Waals surface area contributed by atoms with Gasteiger partial charge in [0.2, 0.25) is 0 Å². The van der Waals surface area contributed by atoms with E-state index in [-0.39, 0.29) is 11.9 Å². The van der Waals surface area contributed by atoms with Gasteiger partial charge in [-0.25, -0.2) is 4.98 Å². The third kappa shape index (κ3) is 4.11. The van der Waals surface area contributed by atoms with Gasteiger partial charge in [0.15, 0.2) is 0 Å². The molecule has 0 spiro atoms. The van der Waals surface area contributed by atoms with E-state index in [1.807, 2.05) is 85.9 Å². The number of carbonyl (C=O) groups excluding carboxylic acids is 1. The average Bonchev–Trinajstić information content (AvgIpc) is 2.89. The summed E-state index contributed by atoms with van der Waals surface area (Å²) in [6.45, 7) is 0. The van der Waals surface area contributed by atoms with E-state index in [2.05, 4.69) is 29.2 Å². The maximum Gasteiger partial charge on any atom is 0.255 e. The molecule has 0 atom stereocenters. The first kappa shape index (κ1) is 20.6. The van der Waals surface area contributed by atoms with E-state index in [0.29, 0.717) is 5.56 Å². The number of fused-ring (bicyclic) bond motifs is 1. The molecule has 0 saturated heterocycles. The summed E-state index contributed by atoms with van der Waals surface area (Å²) in [7, 11) is 1.86. The number of pyridine rings is 2. The fourth-order valence-electron chi connectivity index (χ4n) is 4.22. The Morgan fingerprint density at radius 1 is 0.788 bits per heavy atom. The Hall–Kier alpha value is -4.31. The van der Waals surface area contributed by atoms with Crippen LogP contribution in [0.2, 0.25) is 0 Å². The van der Waals surface area contributed by atoms with E-state index >= 15 is 0 Å². The summed E-state index contributed by atoms with van der Waals surface area (Å²) in [4.78, 5) is 24.9. The van der Waals surface area contributed by atoms with Crippen molar-refractivity contribution in [3.8, 4) is 11.3 Å². The van der Waals surface area contributed by atoms with Crippen LogP contribution in [0.1, 0.15) is 27.5 Å². The second-order valence-electron chi connectivity index (χ2n) is 7.95. The summed E-state index contributed by atoms with van der Waals surface area (Å²) in [6.07, 6.45) is 3.43. The first-order valence-electron chi connectivity index (χ1n) is 10.9. The van der Waals surface area contributed by atoms with E-state index in [0.717, 1.165) is 33.3 Å². The van der Waals surface area contributed by atoms with Gasteiger partial charge >= 0.3 is 0 Å². The van der Waals surface area contributed by atoms with Crippen LogP contribution in [-0.4, -0.2) is 27.8 Å². The minimum atomic E-state index is -0.222. The van der Waals surface area contributed by atoms with E-state index in [1.54, 1.807) is 17.3 Å². The molecule has 0 radical (unpaired) electrons. The van der Waals surface area contributed by atoms with E-state index in [4.69, 9.17) is 4.98 Å². The molecule has 0 aliphatic carbocycles. The predicted molar refractivity (Wildman–Crippen MR) is 132 cm³/mol. The first-order chi connectivity index (χ1) is 16.2. The van der Waals surface area contributed by atoms with Gasteiger partial charge in [0.1, 0.15) is 0 Å². The van der Waals surface area contributed by atoms with Crippen LogP contribution in [0.4, 0.5) is 0 Å². The predicted octanol–water partition coefficient (Wildman–Crippen LogP) is 6.16. The van der Waals surface area contributed by atoms with Gasteiger partial charge in [-0.1, -0.05) is 91.0 Å². The first-order valence-corrected chi connectivity index (χ1v) is 10.9. The van der Waals surface area contributed by atoms with Crippen LogP contribution in [0.5, 0.6) is 0 Å². The van der Waals surface area contributed by atoms with Gasteiger partial charge in [0.05, 0.1) is 22.8 Å². The molecule has 33 heavy (non-hydrogen) atoms. The summed E-state index contributed by atoms with van der Waals surface area (Å²) in [6, 6.07) is 33.7. The molecule has 2 heterocycles. The number of carbonyl (C=O) groups is 1. The fraction of sp³-hybridized carbons (Fsp3) is 0.0690. The lowest BCUT2D eigenvalue weighted by Gasteiger charge is -2.29. The highest BCUT2D eigenvalue weighted by Crippen LogP contribution is 2.31. The second-order valence-corrected chi connectivity index (χ2v) is 7.95. The average molecular weight is 430 g/mol. The lowest BCUT2D eigenvalue weighted by atomic mass is 9.96. The molecule has 0 aliphatic heterocycles. The van der Waals surface area contributed by atoms with Crippen LogP contribution in [0, 0.1) is 0 Å². The minimum absolute atomic E-state index is 0.0784. The van der Waals surface area contributed by atoms with E-state index in [1.165, 1.54) is 0 Å². The SMILES string of the molecule is CN(C(=O)c1cc(-c2ccccc2)nc2ccncc12)C(c1ccccc1)c1ccccc1. The smallest absolute Gasteiger partial charge is 0.255 e. The van der Waals surface area contributed by atoms with Gasteiger partial charge in [-0.2, -0.15) is 0 Å². The number of nitrogens with zero attached hydrogens (tertiary/aromatic N) is 3. The molecular weight excluding hydrogens is 406 g/mol. The topological polar surface area (TPSA) is 46.1 Å². The van der Waals surface area contributed by atoms with Crippen molar-refractivity contribution >= 4 is 16.8 Å². The second kappa shape index (κ2) is 9.05. The number of rotatable bonds is 5. The Morgan fingerprint density at radius 2 is 1.36 bits per heavy atom. The van der Waals surface area contributed by atoms with Crippen LogP contribution in [0.15, 0.2) is 116 Å². The largest absolute Gasteiger partial charge is 0.331 e. The zero-order valence-corrected chi connectivity index (χ0v) is 18.3. The van der Waals surface area contributed by atoms with Crippen molar-refractivity contribution < 1.29 is 4.79 Å². The van der Waals surface area contributed by atoms with Gasteiger partial charge in [-0.15, -0.1) is 0 Å². The Bertz CT molecular complexity index is 1350. The fourth-order valence-corrected chi connectivity index (χ4v) is 4.22. The van der Waals surface area contributed by atoms with Gasteiger partial charge in [-0.05, 0) is 23.3 Å². The maximum atomic E-state index is 14.0. The molecule has 0 bridgehead atoms. The Balaban J connectivity index is 1.64. The van der Waals surface area contributed by atoms with Gasteiger partial charge in [-0.3, -0.25) is 9.78 Å². The number of hydrogen-bond acceptors (Lipinski definition) is 3. The van der Waals surface area contributed by atoms with Crippen LogP contribution in [0.25, 0.3) is 22.2 Å². The molecule has 4 nitrogen and oxygen atoms in total. The van der Waals surface area contributed by atoms with Crippen molar-refractivity contribution in [3.05, 3.63) is 132 Å². The van der Waals surface area contributed by atoms with Crippen molar-refractivity contribution in [2.75, 3.05) is 7.05 Å². The molecule has 0 fully saturated rings. The van der Waals surface area contributed by atoms with Crippen molar-refractivity contribution in [3.63, 3.8) is 0 Å². The molecule has 1 amide bonds. The number of aromatic nitrogens is 2. The molecule has 5 rings (SSSR count). The Morgan fingerprint density at radius 3 is 1.97 bits per heavy atom. The number of amides is 1. The molecule has 5 aromatic rings. The Kier molecular flexibility index (Phi) is 5.64. The normalized spacial score (nSPS) is 11.0. The van der Waals surface area contributed by atoms with Crippen molar-refractivity contribution in [1.82, 2.24) is 14.9 Å². The summed E-state index contributed by atoms with van der Waals surface area (Å²) in [5.74, 6) is -0.0784. The highest BCUT2D eigenvalue weighted by Gasteiger charge is 2.26. The number of hydrogen-bond donors (Lipinski definition) is 0. The van der Waals surface area contributed by atoms with Gasteiger partial charge in [0, 0.05) is 30.4 Å². The molecule has 0 unspecified atom stereocenters. The van der Waals surface area contributed by atoms with Gasteiger partial charge < -0.3 is 4.90 Å². The third-order valence-corrected chi connectivity index (χ3v) is 5.85. The summed E-state index contributed by atoms with van der Waals surface area (Å²) in [5, 5.41) is 0.744. The van der Waals surface area contributed by atoms with Gasteiger partial charge in [0.25, 0.3) is 5.91 Å². The molecule has 2 aromatic heterocycles. The molecule has 4 heteroatoms. The molecular formula is C29H23N3O. The molecule has 0 N–H and O–H groups in total. The monoisotopic (exact) mass is 429 g/mol. The molecule has 160 valence electrons. The van der Waals surface area contributed by atoms with E-state index < -0.39 is 0 Å². The number of benzene rings is 3. The van der Waals surface area contributed by atoms with Crippen LogP contribution < -0.4 is 0 Å². The lowest BCUT2D eigenvalue weighted by molar-refractivity contribution is 0.0757. The molecule has 0 aliphatic rings. The van der Waals surface area contributed by atoms with Crippen molar-refractivity contribution in [2.45, 2.75) is 6.04 Å². The molecule has 0 saturated carbocycles. The molecule has 3 aromatic carbocycles. The van der Waals surface area contributed by atoms with Crippen molar-refractivity contribution in [2.24, 2.45) is 0 Å². The standard InChI is InChI=1S/C29H23N3O/c1-32(28(22-13-7-3-8-14-22)23-15-9-4-10-16-23)29(33)24-19-27(21-11-5-2-6-12-21)31-26-17-18-30-20-25(24)26/h2-20,28H,1H3. The zero-order valence-electron chi connectivity index (χ0n) is 18.3. The van der Waals surface area contributed by atoms with Crippen LogP contribution in [0.3, 0.4) is 0 Å². The minimum Gasteiger partial charge on any atom is -0.331 e.